The summed E-state index contributed by atoms with van der Waals surface area (Å²) in [4.78, 5) is 18.7. The van der Waals surface area contributed by atoms with Crippen molar-refractivity contribution >= 4 is 16.9 Å². The maximum Gasteiger partial charge on any atom is 0.320 e. The fraction of sp³-hybridized carbons (Fsp3) is 0.458. The van der Waals surface area contributed by atoms with Gasteiger partial charge in [-0.25, -0.2) is 4.98 Å². The van der Waals surface area contributed by atoms with Gasteiger partial charge in [0.05, 0.1) is 31.8 Å². The Kier molecular flexibility index (Phi) is 6.43. The standard InChI is InChI=1S/C24H29N5O3/c1-18-3-2-4-19(15-18)20-16-21-22(25-17-20)26-24(27-23(21)29-8-12-31-13-9-29)32-14-7-28-5-10-30-11-6-28/h2-4,15-17H,5-14H2,1H3. The van der Waals surface area contributed by atoms with E-state index in [0.717, 1.165) is 68.3 Å². The summed E-state index contributed by atoms with van der Waals surface area (Å²) in [6, 6.07) is 11.0. The van der Waals surface area contributed by atoms with Gasteiger partial charge in [0.1, 0.15) is 12.4 Å². The Bertz CT molecular complexity index is 1060. The Morgan fingerprint density at radius 2 is 1.72 bits per heavy atom. The maximum atomic E-state index is 5.98. The van der Waals surface area contributed by atoms with E-state index in [-0.39, 0.29) is 0 Å². The highest BCUT2D eigenvalue weighted by Gasteiger charge is 2.20. The molecule has 2 fully saturated rings. The second-order valence-corrected chi connectivity index (χ2v) is 8.20. The van der Waals surface area contributed by atoms with Gasteiger partial charge in [-0.2, -0.15) is 9.97 Å². The topological polar surface area (TPSA) is 72.8 Å². The Morgan fingerprint density at radius 3 is 2.50 bits per heavy atom. The molecule has 2 saturated heterocycles. The van der Waals surface area contributed by atoms with Crippen LogP contribution >= 0.6 is 0 Å². The van der Waals surface area contributed by atoms with Gasteiger partial charge in [-0.15, -0.1) is 0 Å². The number of hydrogen-bond donors (Lipinski definition) is 0. The number of morpholine rings is 2. The second kappa shape index (κ2) is 9.77. The third-order valence-electron chi connectivity index (χ3n) is 5.92. The molecule has 0 bridgehead atoms. The molecule has 0 spiro atoms. The minimum Gasteiger partial charge on any atom is -0.462 e. The lowest BCUT2D eigenvalue weighted by Gasteiger charge is -2.29. The van der Waals surface area contributed by atoms with Crippen molar-refractivity contribution in [3.05, 3.63) is 42.1 Å². The molecule has 0 saturated carbocycles. The van der Waals surface area contributed by atoms with E-state index >= 15 is 0 Å². The molecular weight excluding hydrogens is 406 g/mol. The van der Waals surface area contributed by atoms with Gasteiger partial charge in [0, 0.05) is 44.5 Å². The number of hydrogen-bond acceptors (Lipinski definition) is 8. The Balaban J connectivity index is 1.44. The SMILES string of the molecule is Cc1cccc(-c2cnc3nc(OCCN4CCOCC4)nc(N4CCOCC4)c3c2)c1. The van der Waals surface area contributed by atoms with Gasteiger partial charge in [-0.3, -0.25) is 4.90 Å². The number of rotatable bonds is 6. The monoisotopic (exact) mass is 435 g/mol. The average Bonchev–Trinajstić information content (AvgIpc) is 2.84. The van der Waals surface area contributed by atoms with Crippen molar-refractivity contribution in [1.82, 2.24) is 19.9 Å². The molecule has 0 aliphatic carbocycles. The largest absolute Gasteiger partial charge is 0.462 e. The molecule has 168 valence electrons. The van der Waals surface area contributed by atoms with Crippen LogP contribution in [0.5, 0.6) is 6.01 Å². The number of anilines is 1. The first kappa shape index (κ1) is 21.1. The molecule has 2 aliphatic rings. The molecule has 3 aromatic rings. The number of aromatic nitrogens is 3. The highest BCUT2D eigenvalue weighted by Crippen LogP contribution is 2.30. The lowest BCUT2D eigenvalue weighted by molar-refractivity contribution is 0.0317. The van der Waals surface area contributed by atoms with Crippen molar-refractivity contribution in [3.8, 4) is 17.1 Å². The van der Waals surface area contributed by atoms with Crippen LogP contribution in [0.4, 0.5) is 5.82 Å². The van der Waals surface area contributed by atoms with Gasteiger partial charge in [0.15, 0.2) is 5.65 Å². The quantitative estimate of drug-likeness (QED) is 0.585. The van der Waals surface area contributed by atoms with Crippen LogP contribution in [-0.4, -0.2) is 85.6 Å². The summed E-state index contributed by atoms with van der Waals surface area (Å²) >= 11 is 0. The number of ether oxygens (including phenoxy) is 3. The first-order valence-corrected chi connectivity index (χ1v) is 11.3. The van der Waals surface area contributed by atoms with Gasteiger partial charge in [-0.1, -0.05) is 29.8 Å². The number of aryl methyl sites for hydroxylation is 1. The number of benzene rings is 1. The Labute approximate surface area is 188 Å². The predicted molar refractivity (Wildman–Crippen MR) is 123 cm³/mol. The van der Waals surface area contributed by atoms with Crippen molar-refractivity contribution in [2.75, 3.05) is 70.7 Å². The molecule has 0 amide bonds. The van der Waals surface area contributed by atoms with E-state index in [1.54, 1.807) is 0 Å². The summed E-state index contributed by atoms with van der Waals surface area (Å²) < 4.78 is 16.9. The molecule has 4 heterocycles. The van der Waals surface area contributed by atoms with E-state index in [4.69, 9.17) is 19.2 Å². The van der Waals surface area contributed by atoms with Crippen LogP contribution in [0.1, 0.15) is 5.56 Å². The summed E-state index contributed by atoms with van der Waals surface area (Å²) in [7, 11) is 0. The molecule has 8 nitrogen and oxygen atoms in total. The van der Waals surface area contributed by atoms with Crippen molar-refractivity contribution in [1.29, 1.82) is 0 Å². The van der Waals surface area contributed by atoms with E-state index in [9.17, 15) is 0 Å². The van der Waals surface area contributed by atoms with Crippen LogP contribution in [0.2, 0.25) is 0 Å². The lowest BCUT2D eigenvalue weighted by atomic mass is 10.0. The van der Waals surface area contributed by atoms with Gasteiger partial charge in [0.2, 0.25) is 0 Å². The van der Waals surface area contributed by atoms with Crippen molar-refractivity contribution in [2.45, 2.75) is 6.92 Å². The van der Waals surface area contributed by atoms with Crippen molar-refractivity contribution in [2.24, 2.45) is 0 Å². The fourth-order valence-electron chi connectivity index (χ4n) is 4.13. The summed E-state index contributed by atoms with van der Waals surface area (Å²) in [5, 5.41) is 0.937. The minimum absolute atomic E-state index is 0.378. The number of pyridine rings is 1. The van der Waals surface area contributed by atoms with E-state index < -0.39 is 0 Å². The number of nitrogens with zero attached hydrogens (tertiary/aromatic N) is 5. The van der Waals surface area contributed by atoms with E-state index in [2.05, 4.69) is 57.0 Å². The summed E-state index contributed by atoms with van der Waals surface area (Å²) in [6.45, 7) is 9.83. The molecule has 2 aromatic heterocycles. The zero-order valence-electron chi connectivity index (χ0n) is 18.5. The van der Waals surface area contributed by atoms with Crippen molar-refractivity contribution in [3.63, 3.8) is 0 Å². The Hall–Kier alpha value is -2.81. The summed E-state index contributed by atoms with van der Waals surface area (Å²) in [5.41, 5.74) is 4.06. The Morgan fingerprint density at radius 1 is 0.938 bits per heavy atom. The van der Waals surface area contributed by atoms with Crippen molar-refractivity contribution < 1.29 is 14.2 Å². The average molecular weight is 436 g/mol. The molecule has 0 unspecified atom stereocenters. The van der Waals surface area contributed by atoms with Crippen LogP contribution in [0.3, 0.4) is 0 Å². The normalized spacial score (nSPS) is 17.6. The van der Waals surface area contributed by atoms with Gasteiger partial charge >= 0.3 is 6.01 Å². The van der Waals surface area contributed by atoms with E-state index in [1.165, 1.54) is 5.56 Å². The van der Waals surface area contributed by atoms with Crippen LogP contribution in [-0.2, 0) is 9.47 Å². The lowest BCUT2D eigenvalue weighted by Crippen LogP contribution is -2.39. The van der Waals surface area contributed by atoms with E-state index in [0.29, 0.717) is 31.5 Å². The summed E-state index contributed by atoms with van der Waals surface area (Å²) in [5.74, 6) is 0.863. The second-order valence-electron chi connectivity index (χ2n) is 8.20. The fourth-order valence-corrected chi connectivity index (χ4v) is 4.13. The molecular formula is C24H29N5O3. The molecule has 8 heteroatoms. The molecule has 0 atom stereocenters. The molecule has 2 aliphatic heterocycles. The zero-order valence-corrected chi connectivity index (χ0v) is 18.5. The molecule has 0 radical (unpaired) electrons. The van der Waals surface area contributed by atoms with Crippen LogP contribution in [0.25, 0.3) is 22.2 Å². The van der Waals surface area contributed by atoms with E-state index in [1.807, 2.05) is 6.20 Å². The third-order valence-corrected chi connectivity index (χ3v) is 5.92. The van der Waals surface area contributed by atoms with Crippen LogP contribution < -0.4 is 9.64 Å². The minimum atomic E-state index is 0.378. The molecule has 32 heavy (non-hydrogen) atoms. The van der Waals surface area contributed by atoms with Crippen LogP contribution in [0, 0.1) is 6.92 Å². The summed E-state index contributed by atoms with van der Waals surface area (Å²) in [6.07, 6.45) is 1.88. The highest BCUT2D eigenvalue weighted by atomic mass is 16.5. The van der Waals surface area contributed by atoms with Crippen LogP contribution in [0.15, 0.2) is 36.5 Å². The zero-order chi connectivity index (χ0) is 21.8. The van der Waals surface area contributed by atoms with Gasteiger partial charge < -0.3 is 19.1 Å². The first-order chi connectivity index (χ1) is 15.8. The first-order valence-electron chi connectivity index (χ1n) is 11.3. The smallest absolute Gasteiger partial charge is 0.320 e. The number of fused-ring (bicyclic) bond motifs is 1. The molecule has 1 aromatic carbocycles. The maximum absolute atomic E-state index is 5.98. The predicted octanol–water partition coefficient (Wildman–Crippen LogP) is 2.55. The molecule has 0 N–H and O–H groups in total. The van der Waals surface area contributed by atoms with Gasteiger partial charge in [0.25, 0.3) is 0 Å². The third kappa shape index (κ3) is 4.82. The van der Waals surface area contributed by atoms with Gasteiger partial charge in [-0.05, 0) is 18.6 Å². The molecule has 5 rings (SSSR count). The highest BCUT2D eigenvalue weighted by molar-refractivity contribution is 5.90.